The molecule has 0 unspecified atom stereocenters. The third-order valence-corrected chi connectivity index (χ3v) is 3.61. The van der Waals surface area contributed by atoms with Crippen LogP contribution in [0.4, 0.5) is 11.4 Å². The summed E-state index contributed by atoms with van der Waals surface area (Å²) < 4.78 is 22.9. The van der Waals surface area contributed by atoms with E-state index in [4.69, 9.17) is 10.9 Å². The lowest BCUT2D eigenvalue weighted by Gasteiger charge is -2.34. The monoisotopic (exact) mass is 299 g/mol. The zero-order chi connectivity index (χ0) is 15.8. The van der Waals surface area contributed by atoms with Gasteiger partial charge >= 0.3 is 0 Å². The fourth-order valence-corrected chi connectivity index (χ4v) is 3.21. The Hall–Kier alpha value is -1.27. The lowest BCUT2D eigenvalue weighted by atomic mass is 9.81. The minimum Gasteiger partial charge on any atom is -0.399 e. The van der Waals surface area contributed by atoms with E-state index in [1.54, 1.807) is 6.07 Å². The van der Waals surface area contributed by atoms with Crippen molar-refractivity contribution in [3.8, 4) is 0 Å². The fourth-order valence-electron chi connectivity index (χ4n) is 2.62. The summed E-state index contributed by atoms with van der Waals surface area (Å²) in [5.74, 6) is 0. The molecule has 0 aliphatic rings. The molecule has 5 N–H and O–H groups in total. The van der Waals surface area contributed by atoms with Crippen LogP contribution in [-0.2, 0) is 10.0 Å². The van der Waals surface area contributed by atoms with Gasteiger partial charge in [-0.25, -0.2) is 13.6 Å². The zero-order valence-corrected chi connectivity index (χ0v) is 13.6. The molecule has 5 nitrogen and oxygen atoms in total. The van der Waals surface area contributed by atoms with E-state index in [0.29, 0.717) is 11.4 Å². The van der Waals surface area contributed by atoms with Crippen LogP contribution in [0, 0.1) is 5.41 Å². The highest BCUT2D eigenvalue weighted by molar-refractivity contribution is 7.89. The van der Waals surface area contributed by atoms with Crippen LogP contribution >= 0.6 is 0 Å². The van der Waals surface area contributed by atoms with E-state index in [-0.39, 0.29) is 15.8 Å². The average molecular weight is 299 g/mol. The van der Waals surface area contributed by atoms with Crippen LogP contribution in [0.1, 0.15) is 41.0 Å². The van der Waals surface area contributed by atoms with E-state index in [9.17, 15) is 8.42 Å². The second-order valence-corrected chi connectivity index (χ2v) is 8.64. The van der Waals surface area contributed by atoms with Crippen LogP contribution in [0.2, 0.25) is 0 Å². The van der Waals surface area contributed by atoms with Gasteiger partial charge in [-0.05, 0) is 43.9 Å². The second kappa shape index (κ2) is 5.26. The third-order valence-electron chi connectivity index (χ3n) is 2.71. The molecule has 0 spiro atoms. The molecule has 0 saturated carbocycles. The Labute approximate surface area is 121 Å². The normalized spacial score (nSPS) is 13.3. The predicted molar refractivity (Wildman–Crippen MR) is 84.0 cm³/mol. The van der Waals surface area contributed by atoms with Crippen LogP contribution in [0.3, 0.4) is 0 Å². The minimum atomic E-state index is -3.76. The molecule has 0 aromatic heterocycles. The number of primary sulfonamides is 1. The number of benzene rings is 1. The molecule has 0 amide bonds. The Balaban J connectivity index is 3.07. The maximum atomic E-state index is 11.4. The van der Waals surface area contributed by atoms with Crippen molar-refractivity contribution < 1.29 is 8.42 Å². The van der Waals surface area contributed by atoms with Crippen LogP contribution < -0.4 is 16.2 Å². The standard InChI is InChI=1S/C14H25N3O2S/c1-13(2,3)9-14(4,5)17-11-6-10(15)7-12(8-11)20(16,18)19/h6-8,17H,9,15H2,1-5H3,(H2,16,18,19). The quantitative estimate of drug-likeness (QED) is 0.744. The summed E-state index contributed by atoms with van der Waals surface area (Å²) in [6.07, 6.45) is 0.916. The molecular weight excluding hydrogens is 274 g/mol. The van der Waals surface area contributed by atoms with E-state index in [0.717, 1.165) is 6.42 Å². The van der Waals surface area contributed by atoms with E-state index in [2.05, 4.69) is 39.9 Å². The molecule has 1 aromatic carbocycles. The molecule has 0 atom stereocenters. The first-order valence-electron chi connectivity index (χ1n) is 6.50. The van der Waals surface area contributed by atoms with Gasteiger partial charge in [0.25, 0.3) is 0 Å². The van der Waals surface area contributed by atoms with E-state index in [1.165, 1.54) is 12.1 Å². The SMILES string of the molecule is CC(C)(C)CC(C)(C)Nc1cc(N)cc(S(N)(=O)=O)c1. The Morgan fingerprint density at radius 1 is 1.10 bits per heavy atom. The van der Waals surface area contributed by atoms with Crippen molar-refractivity contribution in [2.75, 3.05) is 11.1 Å². The van der Waals surface area contributed by atoms with Crippen molar-refractivity contribution in [2.24, 2.45) is 10.6 Å². The lowest BCUT2D eigenvalue weighted by Crippen LogP contribution is -2.35. The zero-order valence-electron chi connectivity index (χ0n) is 12.8. The summed E-state index contributed by atoms with van der Waals surface area (Å²) in [7, 11) is -3.76. The Morgan fingerprint density at radius 2 is 1.65 bits per heavy atom. The number of anilines is 2. The van der Waals surface area contributed by atoms with Crippen molar-refractivity contribution in [1.82, 2.24) is 0 Å². The summed E-state index contributed by atoms with van der Waals surface area (Å²) in [4.78, 5) is 0.0200. The molecule has 20 heavy (non-hydrogen) atoms. The van der Waals surface area contributed by atoms with Gasteiger partial charge in [0.1, 0.15) is 0 Å². The van der Waals surface area contributed by atoms with Crippen molar-refractivity contribution in [2.45, 2.75) is 51.5 Å². The fraction of sp³-hybridized carbons (Fsp3) is 0.571. The number of nitrogens with one attached hydrogen (secondary N) is 1. The highest BCUT2D eigenvalue weighted by Gasteiger charge is 2.25. The van der Waals surface area contributed by atoms with Gasteiger partial charge in [-0.1, -0.05) is 20.8 Å². The van der Waals surface area contributed by atoms with Gasteiger partial charge in [0.05, 0.1) is 4.90 Å². The van der Waals surface area contributed by atoms with Crippen LogP contribution in [0.25, 0.3) is 0 Å². The molecule has 0 bridgehead atoms. The maximum Gasteiger partial charge on any atom is 0.238 e. The second-order valence-electron chi connectivity index (χ2n) is 7.08. The highest BCUT2D eigenvalue weighted by atomic mass is 32.2. The molecule has 1 aromatic rings. The van der Waals surface area contributed by atoms with E-state index in [1.807, 2.05) is 0 Å². The average Bonchev–Trinajstić information content (AvgIpc) is 2.09. The first-order valence-corrected chi connectivity index (χ1v) is 8.05. The summed E-state index contributed by atoms with van der Waals surface area (Å²) in [5.41, 5.74) is 6.72. The molecule has 0 aliphatic heterocycles. The van der Waals surface area contributed by atoms with Crippen LogP contribution in [-0.4, -0.2) is 14.0 Å². The molecule has 0 heterocycles. The van der Waals surface area contributed by atoms with Crippen molar-refractivity contribution >= 4 is 21.4 Å². The number of sulfonamides is 1. The molecule has 0 fully saturated rings. The third kappa shape index (κ3) is 5.38. The van der Waals surface area contributed by atoms with E-state index < -0.39 is 10.0 Å². The van der Waals surface area contributed by atoms with Gasteiger partial charge in [-0.2, -0.15) is 0 Å². The first-order chi connectivity index (χ1) is 8.78. The van der Waals surface area contributed by atoms with Crippen molar-refractivity contribution in [3.63, 3.8) is 0 Å². The molecule has 1 rings (SSSR count). The predicted octanol–water partition coefficient (Wildman–Crippen LogP) is 2.54. The maximum absolute atomic E-state index is 11.4. The van der Waals surface area contributed by atoms with Crippen molar-refractivity contribution in [1.29, 1.82) is 0 Å². The highest BCUT2D eigenvalue weighted by Crippen LogP contribution is 2.30. The molecule has 0 radical (unpaired) electrons. The largest absolute Gasteiger partial charge is 0.399 e. The van der Waals surface area contributed by atoms with Gasteiger partial charge < -0.3 is 11.1 Å². The lowest BCUT2D eigenvalue weighted by molar-refractivity contribution is 0.302. The molecular formula is C14H25N3O2S. The number of hydrogen-bond acceptors (Lipinski definition) is 4. The summed E-state index contributed by atoms with van der Waals surface area (Å²) in [6.45, 7) is 10.6. The van der Waals surface area contributed by atoms with Gasteiger partial charge in [-0.3, -0.25) is 0 Å². The summed E-state index contributed by atoms with van der Waals surface area (Å²) in [5, 5.41) is 8.48. The topological polar surface area (TPSA) is 98.2 Å². The number of rotatable bonds is 4. The van der Waals surface area contributed by atoms with E-state index >= 15 is 0 Å². The minimum absolute atomic E-state index is 0.0200. The van der Waals surface area contributed by atoms with Gasteiger partial charge in [0, 0.05) is 16.9 Å². The van der Waals surface area contributed by atoms with Crippen LogP contribution in [0.5, 0.6) is 0 Å². The summed E-state index contributed by atoms with van der Waals surface area (Å²) >= 11 is 0. The number of hydrogen-bond donors (Lipinski definition) is 3. The number of nitrogens with two attached hydrogens (primary N) is 2. The van der Waals surface area contributed by atoms with Gasteiger partial charge in [0.2, 0.25) is 10.0 Å². The molecule has 0 aliphatic carbocycles. The Morgan fingerprint density at radius 3 is 2.10 bits per heavy atom. The Kier molecular flexibility index (Phi) is 4.41. The van der Waals surface area contributed by atoms with Gasteiger partial charge in [-0.15, -0.1) is 0 Å². The molecule has 0 saturated heterocycles. The molecule has 6 heteroatoms. The van der Waals surface area contributed by atoms with Crippen LogP contribution in [0.15, 0.2) is 23.1 Å². The van der Waals surface area contributed by atoms with Gasteiger partial charge in [0.15, 0.2) is 0 Å². The smallest absolute Gasteiger partial charge is 0.238 e. The first kappa shape index (κ1) is 16.8. The molecule has 114 valence electrons. The van der Waals surface area contributed by atoms with Crippen molar-refractivity contribution in [3.05, 3.63) is 18.2 Å². The summed E-state index contributed by atoms with van der Waals surface area (Å²) in [6, 6.07) is 4.58. The Bertz CT molecular complexity index is 587. The number of nitrogen functional groups attached to an aromatic ring is 1.